The summed E-state index contributed by atoms with van der Waals surface area (Å²) in [5.74, 6) is 0. The largest absolute Gasteiger partial charge is 0.328 e. The predicted octanol–water partition coefficient (Wildman–Crippen LogP) is 0.0108. The Labute approximate surface area is 65.2 Å². The van der Waals surface area contributed by atoms with Crippen LogP contribution in [0.2, 0.25) is 0 Å². The minimum absolute atomic E-state index is 0.339. The first-order chi connectivity index (χ1) is 5.36. The van der Waals surface area contributed by atoms with Crippen LogP contribution < -0.4 is 5.73 Å². The van der Waals surface area contributed by atoms with Gasteiger partial charge >= 0.3 is 0 Å². The molecule has 3 N–H and O–H groups in total. The van der Waals surface area contributed by atoms with Gasteiger partial charge in [-0.3, -0.25) is 0 Å². The SMILES string of the molecule is NC1CCc2n[nH]nc2CC1. The van der Waals surface area contributed by atoms with Crippen molar-refractivity contribution in [3.63, 3.8) is 0 Å². The molecule has 60 valence electrons. The predicted molar refractivity (Wildman–Crippen MR) is 41.0 cm³/mol. The van der Waals surface area contributed by atoms with E-state index >= 15 is 0 Å². The van der Waals surface area contributed by atoms with Crippen LogP contribution in [0.5, 0.6) is 0 Å². The minimum atomic E-state index is 0.339. The van der Waals surface area contributed by atoms with Gasteiger partial charge in [-0.15, -0.1) is 0 Å². The number of nitrogens with two attached hydrogens (primary N) is 1. The van der Waals surface area contributed by atoms with Gasteiger partial charge in [0.25, 0.3) is 0 Å². The van der Waals surface area contributed by atoms with Crippen molar-refractivity contribution in [2.75, 3.05) is 0 Å². The first-order valence-electron chi connectivity index (χ1n) is 4.00. The van der Waals surface area contributed by atoms with Crippen LogP contribution in [-0.2, 0) is 12.8 Å². The Kier molecular flexibility index (Phi) is 1.62. The summed E-state index contributed by atoms with van der Waals surface area (Å²) in [5.41, 5.74) is 8.03. The van der Waals surface area contributed by atoms with Gasteiger partial charge in [0.05, 0.1) is 11.4 Å². The zero-order chi connectivity index (χ0) is 7.68. The van der Waals surface area contributed by atoms with E-state index in [9.17, 15) is 0 Å². The fraction of sp³-hybridized carbons (Fsp3) is 0.714. The lowest BCUT2D eigenvalue weighted by Gasteiger charge is -2.03. The molecule has 0 aliphatic heterocycles. The van der Waals surface area contributed by atoms with E-state index in [2.05, 4.69) is 15.4 Å². The highest BCUT2D eigenvalue weighted by Crippen LogP contribution is 2.14. The third-order valence-electron chi connectivity index (χ3n) is 2.21. The number of aromatic amines is 1. The summed E-state index contributed by atoms with van der Waals surface area (Å²) in [5, 5.41) is 10.8. The Bertz CT molecular complexity index is 220. The Hall–Kier alpha value is -0.900. The monoisotopic (exact) mass is 152 g/mol. The minimum Gasteiger partial charge on any atom is -0.328 e. The summed E-state index contributed by atoms with van der Waals surface area (Å²) in [6, 6.07) is 0.339. The number of aromatic nitrogens is 3. The molecule has 4 heteroatoms. The van der Waals surface area contributed by atoms with Crippen LogP contribution in [0.25, 0.3) is 0 Å². The Morgan fingerprint density at radius 1 is 1.18 bits per heavy atom. The van der Waals surface area contributed by atoms with Crippen molar-refractivity contribution >= 4 is 0 Å². The van der Waals surface area contributed by atoms with Crippen molar-refractivity contribution in [3.05, 3.63) is 11.4 Å². The summed E-state index contributed by atoms with van der Waals surface area (Å²) in [4.78, 5) is 0. The molecule has 2 rings (SSSR count). The Morgan fingerprint density at radius 3 is 2.27 bits per heavy atom. The molecule has 0 saturated heterocycles. The number of hydrogen-bond acceptors (Lipinski definition) is 3. The fourth-order valence-corrected chi connectivity index (χ4v) is 1.46. The lowest BCUT2D eigenvalue weighted by atomic mass is 10.1. The summed E-state index contributed by atoms with van der Waals surface area (Å²) in [6.07, 6.45) is 4.04. The van der Waals surface area contributed by atoms with E-state index in [1.807, 2.05) is 0 Å². The maximum atomic E-state index is 5.81. The maximum Gasteiger partial charge on any atom is 0.0857 e. The third-order valence-corrected chi connectivity index (χ3v) is 2.21. The van der Waals surface area contributed by atoms with Crippen LogP contribution >= 0.6 is 0 Å². The zero-order valence-corrected chi connectivity index (χ0v) is 6.38. The Balaban J connectivity index is 2.20. The number of hydrogen-bond donors (Lipinski definition) is 2. The van der Waals surface area contributed by atoms with Gasteiger partial charge in [-0.05, 0) is 25.7 Å². The molecule has 0 saturated carbocycles. The van der Waals surface area contributed by atoms with Gasteiger partial charge in [-0.25, -0.2) is 0 Å². The second kappa shape index (κ2) is 2.62. The van der Waals surface area contributed by atoms with Crippen LogP contribution in [0.1, 0.15) is 24.2 Å². The first-order valence-corrected chi connectivity index (χ1v) is 4.00. The van der Waals surface area contributed by atoms with E-state index in [0.717, 1.165) is 37.1 Å². The summed E-state index contributed by atoms with van der Waals surface area (Å²) in [7, 11) is 0. The van der Waals surface area contributed by atoms with Crippen molar-refractivity contribution in [1.29, 1.82) is 0 Å². The molecule has 11 heavy (non-hydrogen) atoms. The molecular weight excluding hydrogens is 140 g/mol. The number of nitrogens with one attached hydrogen (secondary N) is 1. The van der Waals surface area contributed by atoms with E-state index in [1.165, 1.54) is 0 Å². The van der Waals surface area contributed by atoms with Crippen LogP contribution in [0.3, 0.4) is 0 Å². The molecule has 1 aromatic rings. The van der Waals surface area contributed by atoms with Crippen LogP contribution in [-0.4, -0.2) is 21.5 Å². The lowest BCUT2D eigenvalue weighted by Crippen LogP contribution is -2.19. The molecule has 0 radical (unpaired) electrons. The maximum absolute atomic E-state index is 5.81. The van der Waals surface area contributed by atoms with Crippen molar-refractivity contribution in [2.45, 2.75) is 31.7 Å². The molecule has 1 aliphatic rings. The molecule has 0 bridgehead atoms. The fourth-order valence-electron chi connectivity index (χ4n) is 1.46. The number of nitrogens with zero attached hydrogens (tertiary/aromatic N) is 2. The molecule has 0 unspecified atom stereocenters. The molecule has 1 aliphatic carbocycles. The first kappa shape index (κ1) is 6.79. The number of rotatable bonds is 0. The normalized spacial score (nSPS) is 19.4. The van der Waals surface area contributed by atoms with Gasteiger partial charge in [0.1, 0.15) is 0 Å². The summed E-state index contributed by atoms with van der Waals surface area (Å²) < 4.78 is 0. The average Bonchev–Trinajstić information content (AvgIpc) is 2.38. The zero-order valence-electron chi connectivity index (χ0n) is 6.38. The van der Waals surface area contributed by atoms with Gasteiger partial charge in [0, 0.05) is 6.04 Å². The van der Waals surface area contributed by atoms with E-state index < -0.39 is 0 Å². The topological polar surface area (TPSA) is 67.6 Å². The second-order valence-corrected chi connectivity index (χ2v) is 3.05. The van der Waals surface area contributed by atoms with E-state index in [-0.39, 0.29) is 0 Å². The smallest absolute Gasteiger partial charge is 0.0857 e. The molecule has 1 aromatic heterocycles. The van der Waals surface area contributed by atoms with Gasteiger partial charge in [0.15, 0.2) is 0 Å². The van der Waals surface area contributed by atoms with Gasteiger partial charge < -0.3 is 5.73 Å². The van der Waals surface area contributed by atoms with E-state index in [1.54, 1.807) is 0 Å². The van der Waals surface area contributed by atoms with Gasteiger partial charge in [-0.1, -0.05) is 0 Å². The molecule has 0 fully saturated rings. The molecule has 0 spiro atoms. The molecule has 4 nitrogen and oxygen atoms in total. The molecule has 0 amide bonds. The standard InChI is InChI=1S/C7H12N4/c8-5-1-3-6-7(4-2-5)10-11-9-6/h5H,1-4,8H2,(H,9,10,11). The molecular formula is C7H12N4. The summed E-state index contributed by atoms with van der Waals surface area (Å²) >= 11 is 0. The highest BCUT2D eigenvalue weighted by Gasteiger charge is 2.15. The van der Waals surface area contributed by atoms with Crippen molar-refractivity contribution in [3.8, 4) is 0 Å². The highest BCUT2D eigenvalue weighted by atomic mass is 15.3. The summed E-state index contributed by atoms with van der Waals surface area (Å²) in [6.45, 7) is 0. The lowest BCUT2D eigenvalue weighted by molar-refractivity contribution is 0.581. The van der Waals surface area contributed by atoms with Crippen LogP contribution in [0.15, 0.2) is 0 Å². The average molecular weight is 152 g/mol. The third kappa shape index (κ3) is 1.26. The number of H-pyrrole nitrogens is 1. The van der Waals surface area contributed by atoms with E-state index in [4.69, 9.17) is 5.73 Å². The second-order valence-electron chi connectivity index (χ2n) is 3.05. The van der Waals surface area contributed by atoms with E-state index in [0.29, 0.717) is 6.04 Å². The van der Waals surface area contributed by atoms with Gasteiger partial charge in [0.2, 0.25) is 0 Å². The van der Waals surface area contributed by atoms with Crippen molar-refractivity contribution < 1.29 is 0 Å². The number of fused-ring (bicyclic) bond motifs is 1. The quantitative estimate of drug-likeness (QED) is 0.514. The van der Waals surface area contributed by atoms with Gasteiger partial charge in [-0.2, -0.15) is 15.4 Å². The van der Waals surface area contributed by atoms with Crippen molar-refractivity contribution in [1.82, 2.24) is 15.4 Å². The highest BCUT2D eigenvalue weighted by molar-refractivity contribution is 5.11. The van der Waals surface area contributed by atoms with Crippen molar-refractivity contribution in [2.24, 2.45) is 5.73 Å². The molecule has 0 atom stereocenters. The van der Waals surface area contributed by atoms with Crippen LogP contribution in [0.4, 0.5) is 0 Å². The van der Waals surface area contributed by atoms with Crippen LogP contribution in [0, 0.1) is 0 Å². The number of aryl methyl sites for hydroxylation is 2. The molecule has 1 heterocycles. The Morgan fingerprint density at radius 2 is 1.73 bits per heavy atom. The molecule has 0 aromatic carbocycles.